The molecule has 0 radical (unpaired) electrons. The minimum atomic E-state index is -0.324. The van der Waals surface area contributed by atoms with Crippen molar-refractivity contribution in [1.82, 2.24) is 9.80 Å². The number of likely N-dealkylation sites (N-methyl/N-ethyl adjacent to an activating group) is 1. The summed E-state index contributed by atoms with van der Waals surface area (Å²) in [4.78, 5) is 30.4. The topological polar surface area (TPSA) is 69.9 Å². The van der Waals surface area contributed by atoms with Crippen molar-refractivity contribution < 1.29 is 9.59 Å². The third-order valence-electron chi connectivity index (χ3n) is 5.06. The number of carbonyl (C=O) groups is 2. The van der Waals surface area contributed by atoms with Crippen LogP contribution >= 0.6 is 0 Å². The van der Waals surface area contributed by atoms with Crippen LogP contribution in [0.4, 0.5) is 5.69 Å². The highest BCUT2D eigenvalue weighted by molar-refractivity contribution is 5.80. The lowest BCUT2D eigenvalue weighted by Gasteiger charge is -2.25. The highest BCUT2D eigenvalue weighted by Crippen LogP contribution is 2.27. The summed E-state index contributed by atoms with van der Waals surface area (Å²) in [6.45, 7) is 4.20. The van der Waals surface area contributed by atoms with Crippen LogP contribution in [0.25, 0.3) is 0 Å². The van der Waals surface area contributed by atoms with Gasteiger partial charge >= 0.3 is 0 Å². The number of nitrogens with two attached hydrogens (primary N) is 1. The number of rotatable bonds is 4. The molecule has 2 aliphatic heterocycles. The number of fused-ring (bicyclic) bond motifs is 1. The average Bonchev–Trinajstić information content (AvgIpc) is 2.87. The number of anilines is 1. The minimum absolute atomic E-state index is 0.112. The van der Waals surface area contributed by atoms with Gasteiger partial charge < -0.3 is 20.4 Å². The zero-order chi connectivity index (χ0) is 17.1. The number of hydrogen-bond acceptors (Lipinski definition) is 4. The Kier molecular flexibility index (Phi) is 5.04. The van der Waals surface area contributed by atoms with Crippen LogP contribution in [0.3, 0.4) is 0 Å². The molecule has 1 fully saturated rings. The fourth-order valence-corrected chi connectivity index (χ4v) is 3.61. The molecule has 1 saturated heterocycles. The summed E-state index contributed by atoms with van der Waals surface area (Å²) in [6.07, 6.45) is 1.52. The van der Waals surface area contributed by atoms with E-state index in [1.807, 2.05) is 13.1 Å². The Morgan fingerprint density at radius 2 is 1.96 bits per heavy atom. The molecule has 1 aromatic carbocycles. The smallest absolute Gasteiger partial charge is 0.224 e. The van der Waals surface area contributed by atoms with Crippen LogP contribution in [0.2, 0.25) is 0 Å². The molecule has 0 saturated carbocycles. The third-order valence-corrected chi connectivity index (χ3v) is 5.06. The van der Waals surface area contributed by atoms with Crippen LogP contribution in [0.5, 0.6) is 0 Å². The first-order valence-corrected chi connectivity index (χ1v) is 8.63. The molecule has 0 bridgehead atoms. The van der Waals surface area contributed by atoms with Gasteiger partial charge in [-0.3, -0.25) is 9.59 Å². The Labute approximate surface area is 143 Å². The molecule has 0 unspecified atom stereocenters. The highest BCUT2D eigenvalue weighted by Gasteiger charge is 2.28. The quantitative estimate of drug-likeness (QED) is 0.863. The van der Waals surface area contributed by atoms with Crippen LogP contribution in [0, 0.1) is 5.92 Å². The van der Waals surface area contributed by atoms with Crippen LogP contribution in [0.1, 0.15) is 12.0 Å². The van der Waals surface area contributed by atoms with Gasteiger partial charge in [0.15, 0.2) is 0 Å². The largest absolute Gasteiger partial charge is 0.370 e. The Bertz CT molecular complexity index is 619. The highest BCUT2D eigenvalue weighted by atomic mass is 16.2. The molecular weight excluding hydrogens is 304 g/mol. The predicted molar refractivity (Wildman–Crippen MR) is 93.7 cm³/mol. The third kappa shape index (κ3) is 3.70. The summed E-state index contributed by atoms with van der Waals surface area (Å²) < 4.78 is 0. The molecule has 2 N–H and O–H groups in total. The van der Waals surface area contributed by atoms with Crippen LogP contribution in [-0.2, 0) is 16.0 Å². The van der Waals surface area contributed by atoms with E-state index in [4.69, 9.17) is 5.73 Å². The van der Waals surface area contributed by atoms with Gasteiger partial charge in [-0.25, -0.2) is 0 Å². The van der Waals surface area contributed by atoms with E-state index in [1.54, 1.807) is 4.90 Å². The van der Waals surface area contributed by atoms with Gasteiger partial charge in [0.2, 0.25) is 11.8 Å². The summed E-state index contributed by atoms with van der Waals surface area (Å²) in [5, 5.41) is 0. The van der Waals surface area contributed by atoms with Crippen molar-refractivity contribution >= 4 is 17.5 Å². The summed E-state index contributed by atoms with van der Waals surface area (Å²) >= 11 is 0. The van der Waals surface area contributed by atoms with E-state index < -0.39 is 0 Å². The average molecular weight is 330 g/mol. The Morgan fingerprint density at radius 1 is 1.17 bits per heavy atom. The first kappa shape index (κ1) is 16.8. The van der Waals surface area contributed by atoms with Gasteiger partial charge in [0.05, 0.1) is 5.92 Å². The molecule has 6 heteroatoms. The van der Waals surface area contributed by atoms with Crippen LogP contribution in [0.15, 0.2) is 24.3 Å². The Morgan fingerprint density at radius 3 is 2.75 bits per heavy atom. The monoisotopic (exact) mass is 330 g/mol. The number of primary amides is 1. The molecule has 1 aromatic rings. The zero-order valence-electron chi connectivity index (χ0n) is 14.3. The number of carbonyl (C=O) groups excluding carboxylic acids is 2. The van der Waals surface area contributed by atoms with Crippen molar-refractivity contribution in [3.05, 3.63) is 29.8 Å². The molecule has 24 heavy (non-hydrogen) atoms. The molecule has 2 heterocycles. The first-order chi connectivity index (χ1) is 11.5. The lowest BCUT2D eigenvalue weighted by atomic mass is 10.1. The van der Waals surface area contributed by atoms with Gasteiger partial charge in [-0.1, -0.05) is 18.2 Å². The molecule has 130 valence electrons. The van der Waals surface area contributed by atoms with Crippen molar-refractivity contribution in [2.45, 2.75) is 12.8 Å². The normalized spacial score (nSPS) is 21.5. The number of benzene rings is 1. The molecule has 2 aliphatic rings. The maximum absolute atomic E-state index is 12.6. The van der Waals surface area contributed by atoms with E-state index >= 15 is 0 Å². The molecular formula is C18H26N4O2. The second kappa shape index (κ2) is 7.21. The summed E-state index contributed by atoms with van der Waals surface area (Å²) in [7, 11) is 1.96. The number of hydrogen-bond donors (Lipinski definition) is 1. The van der Waals surface area contributed by atoms with Gasteiger partial charge in [-0.15, -0.1) is 0 Å². The first-order valence-electron chi connectivity index (χ1n) is 8.63. The maximum atomic E-state index is 12.6. The Balaban J connectivity index is 1.58. The summed E-state index contributed by atoms with van der Waals surface area (Å²) in [5.41, 5.74) is 8.08. The maximum Gasteiger partial charge on any atom is 0.224 e. The lowest BCUT2D eigenvalue weighted by Crippen LogP contribution is -2.41. The van der Waals surface area contributed by atoms with Gasteiger partial charge in [-0.05, 0) is 25.1 Å². The fourth-order valence-electron chi connectivity index (χ4n) is 3.61. The van der Waals surface area contributed by atoms with Gasteiger partial charge in [0.1, 0.15) is 0 Å². The Hall–Kier alpha value is -2.08. The number of para-hydroxylation sites is 1. The minimum Gasteiger partial charge on any atom is -0.370 e. The van der Waals surface area contributed by atoms with Gasteiger partial charge in [0.25, 0.3) is 0 Å². The van der Waals surface area contributed by atoms with E-state index in [0.29, 0.717) is 26.1 Å². The zero-order valence-corrected chi connectivity index (χ0v) is 14.3. The predicted octanol–water partition coefficient (Wildman–Crippen LogP) is 0.315. The molecule has 1 atom stereocenters. The number of amides is 2. The molecule has 2 amide bonds. The molecule has 0 spiro atoms. The molecule has 3 rings (SSSR count). The van der Waals surface area contributed by atoms with Crippen molar-refractivity contribution in [2.24, 2.45) is 11.7 Å². The van der Waals surface area contributed by atoms with Crippen LogP contribution in [-0.4, -0.2) is 67.9 Å². The van der Waals surface area contributed by atoms with E-state index in [-0.39, 0.29) is 17.7 Å². The second-order valence-corrected chi connectivity index (χ2v) is 6.82. The number of nitrogens with zero attached hydrogens (tertiary/aromatic N) is 3. The van der Waals surface area contributed by atoms with E-state index in [9.17, 15) is 9.59 Å². The van der Waals surface area contributed by atoms with Gasteiger partial charge in [-0.2, -0.15) is 0 Å². The molecule has 6 nitrogen and oxygen atoms in total. The van der Waals surface area contributed by atoms with Crippen molar-refractivity contribution in [1.29, 1.82) is 0 Å². The summed E-state index contributed by atoms with van der Waals surface area (Å²) in [5.74, 6) is -0.495. The SMILES string of the molecule is CN1CCN(C(=O)CCN2CCc3ccccc32)C[C@@H](C(N)=O)C1. The van der Waals surface area contributed by atoms with E-state index in [2.05, 4.69) is 28.0 Å². The van der Waals surface area contributed by atoms with Crippen LogP contribution < -0.4 is 10.6 Å². The fraction of sp³-hybridized carbons (Fsp3) is 0.556. The summed E-state index contributed by atoms with van der Waals surface area (Å²) in [6, 6.07) is 8.38. The standard InChI is InChI=1S/C18H26N4O2/c1-20-10-11-22(13-15(12-20)18(19)24)17(23)7-9-21-8-6-14-4-2-3-5-16(14)21/h2-5,15H,6-13H2,1H3,(H2,19,24)/t15-/m0/s1. The van der Waals surface area contributed by atoms with E-state index in [1.165, 1.54) is 11.3 Å². The van der Waals surface area contributed by atoms with E-state index in [0.717, 1.165) is 26.1 Å². The lowest BCUT2D eigenvalue weighted by molar-refractivity contribution is -0.132. The van der Waals surface area contributed by atoms with Crippen molar-refractivity contribution in [2.75, 3.05) is 51.2 Å². The second-order valence-electron chi connectivity index (χ2n) is 6.82. The molecule has 0 aromatic heterocycles. The van der Waals surface area contributed by atoms with Crippen molar-refractivity contribution in [3.63, 3.8) is 0 Å². The van der Waals surface area contributed by atoms with Crippen molar-refractivity contribution in [3.8, 4) is 0 Å². The molecule has 0 aliphatic carbocycles. The van der Waals surface area contributed by atoms with Gasteiger partial charge in [0, 0.05) is 51.4 Å².